The van der Waals surface area contributed by atoms with E-state index in [0.29, 0.717) is 18.6 Å². The highest BCUT2D eigenvalue weighted by molar-refractivity contribution is 5.96. The lowest BCUT2D eigenvalue weighted by Gasteiger charge is -2.59. The molecule has 0 aromatic heterocycles. The van der Waals surface area contributed by atoms with E-state index in [4.69, 9.17) is 9.94 Å². The van der Waals surface area contributed by atoms with Crippen LogP contribution in [0.15, 0.2) is 16.8 Å². The highest BCUT2D eigenvalue weighted by atomic mass is 16.6. The Morgan fingerprint density at radius 1 is 1.29 bits per heavy atom. The first-order valence-electron chi connectivity index (χ1n) is 11.2. The molecule has 0 radical (unpaired) electrons. The fourth-order valence-electron chi connectivity index (χ4n) is 7.43. The van der Waals surface area contributed by atoms with Crippen molar-refractivity contribution in [3.8, 4) is 0 Å². The Hall–Kier alpha value is -2.06. The number of rotatable bonds is 6. The van der Waals surface area contributed by atoms with Crippen molar-refractivity contribution in [2.24, 2.45) is 39.7 Å². The molecule has 170 valence electrons. The van der Waals surface area contributed by atoms with E-state index >= 15 is 0 Å². The Labute approximate surface area is 181 Å². The van der Waals surface area contributed by atoms with Crippen molar-refractivity contribution in [3.05, 3.63) is 11.6 Å². The van der Waals surface area contributed by atoms with E-state index in [1.165, 1.54) is 5.57 Å². The molecule has 0 heterocycles. The van der Waals surface area contributed by atoms with E-state index in [0.717, 1.165) is 32.0 Å². The summed E-state index contributed by atoms with van der Waals surface area (Å²) in [5.74, 6) is -1.67. The SMILES string of the molecule is C[C@]12CC/C(=N\OCC(=O)O)C=C1CC[C@@H]1[C@@H]2[C@@H](O)C[C@]2(C=O)[C@@H](C(=O)CO)CC[C@@H]12. The molecule has 0 saturated heterocycles. The lowest BCUT2D eigenvalue weighted by atomic mass is 9.45. The van der Waals surface area contributed by atoms with Crippen LogP contribution in [0.3, 0.4) is 0 Å². The van der Waals surface area contributed by atoms with Crippen molar-refractivity contribution in [1.29, 1.82) is 0 Å². The lowest BCUT2D eigenvalue weighted by molar-refractivity contribution is -0.156. The maximum absolute atomic E-state index is 12.4. The van der Waals surface area contributed by atoms with Gasteiger partial charge in [-0.25, -0.2) is 4.79 Å². The topological polar surface area (TPSA) is 133 Å². The van der Waals surface area contributed by atoms with Crippen LogP contribution in [0, 0.1) is 34.5 Å². The monoisotopic (exact) mass is 433 g/mol. The molecule has 7 atom stereocenters. The van der Waals surface area contributed by atoms with E-state index in [2.05, 4.69) is 12.1 Å². The normalized spacial score (nSPS) is 42.7. The molecule has 4 rings (SSSR count). The number of carbonyl (C=O) groups excluding carboxylic acids is 2. The van der Waals surface area contributed by atoms with Gasteiger partial charge in [0.25, 0.3) is 0 Å². The molecule has 3 N–H and O–H groups in total. The van der Waals surface area contributed by atoms with Crippen LogP contribution in [0.5, 0.6) is 0 Å². The number of allylic oxidation sites excluding steroid dienone is 2. The summed E-state index contributed by atoms with van der Waals surface area (Å²) in [7, 11) is 0. The van der Waals surface area contributed by atoms with Crippen LogP contribution in [0.4, 0.5) is 0 Å². The van der Waals surface area contributed by atoms with Gasteiger partial charge in [-0.2, -0.15) is 0 Å². The number of aldehydes is 1. The van der Waals surface area contributed by atoms with Crippen molar-refractivity contribution in [2.45, 2.75) is 58.0 Å². The summed E-state index contributed by atoms with van der Waals surface area (Å²) in [5, 5.41) is 33.4. The summed E-state index contributed by atoms with van der Waals surface area (Å²) >= 11 is 0. The third-order valence-corrected chi connectivity index (χ3v) is 8.65. The minimum Gasteiger partial charge on any atom is -0.479 e. The molecule has 0 spiro atoms. The van der Waals surface area contributed by atoms with Gasteiger partial charge in [0.15, 0.2) is 5.78 Å². The molecule has 4 aliphatic carbocycles. The summed E-state index contributed by atoms with van der Waals surface area (Å²) in [6.45, 7) is 1.14. The van der Waals surface area contributed by atoms with Gasteiger partial charge in [0.05, 0.1) is 11.8 Å². The maximum Gasteiger partial charge on any atom is 0.344 e. The van der Waals surface area contributed by atoms with Gasteiger partial charge in [-0.05, 0) is 74.2 Å². The smallest absolute Gasteiger partial charge is 0.344 e. The average Bonchev–Trinajstić information content (AvgIpc) is 3.12. The molecule has 0 bridgehead atoms. The fraction of sp³-hybridized carbons (Fsp3) is 0.739. The summed E-state index contributed by atoms with van der Waals surface area (Å²) in [4.78, 5) is 40.3. The number of fused-ring (bicyclic) bond motifs is 5. The minimum atomic E-state index is -1.07. The number of aliphatic hydroxyl groups is 2. The van der Waals surface area contributed by atoms with Crippen LogP contribution >= 0.6 is 0 Å². The number of Topliss-reactive ketones (excluding diaryl/α,β-unsaturated/α-hetero) is 1. The fourth-order valence-corrected chi connectivity index (χ4v) is 7.43. The molecule has 31 heavy (non-hydrogen) atoms. The van der Waals surface area contributed by atoms with Gasteiger partial charge in [-0.15, -0.1) is 0 Å². The first kappa shape index (κ1) is 22.1. The molecule has 0 aromatic rings. The number of hydrogen-bond acceptors (Lipinski definition) is 7. The van der Waals surface area contributed by atoms with Gasteiger partial charge in [0.1, 0.15) is 12.9 Å². The summed E-state index contributed by atoms with van der Waals surface area (Å²) in [6.07, 6.45) is 6.86. The van der Waals surface area contributed by atoms with Crippen LogP contribution in [0.2, 0.25) is 0 Å². The average molecular weight is 434 g/mol. The Morgan fingerprint density at radius 3 is 2.74 bits per heavy atom. The predicted molar refractivity (Wildman–Crippen MR) is 110 cm³/mol. The second-order valence-corrected chi connectivity index (χ2v) is 9.93. The van der Waals surface area contributed by atoms with Gasteiger partial charge in [-0.1, -0.05) is 17.7 Å². The molecular weight excluding hydrogens is 402 g/mol. The lowest BCUT2D eigenvalue weighted by Crippen LogP contribution is -2.58. The number of carboxylic acids is 1. The number of nitrogens with zero attached hydrogens (tertiary/aromatic N) is 1. The third kappa shape index (κ3) is 3.44. The maximum atomic E-state index is 12.4. The number of carboxylic acid groups (broad SMARTS) is 1. The Bertz CT molecular complexity index is 836. The van der Waals surface area contributed by atoms with Crippen molar-refractivity contribution in [1.82, 2.24) is 0 Å². The molecule has 0 unspecified atom stereocenters. The van der Waals surface area contributed by atoms with Crippen molar-refractivity contribution < 1.29 is 34.5 Å². The van der Waals surface area contributed by atoms with E-state index in [-0.39, 0.29) is 35.4 Å². The highest BCUT2D eigenvalue weighted by Gasteiger charge is 2.64. The Balaban J connectivity index is 1.62. The van der Waals surface area contributed by atoms with Crippen LogP contribution in [-0.2, 0) is 19.2 Å². The molecule has 0 amide bonds. The van der Waals surface area contributed by atoms with Crippen molar-refractivity contribution in [2.75, 3.05) is 13.2 Å². The van der Waals surface area contributed by atoms with Crippen LogP contribution in [0.25, 0.3) is 0 Å². The minimum absolute atomic E-state index is 0.00459. The van der Waals surface area contributed by atoms with Crippen molar-refractivity contribution >= 4 is 23.8 Å². The number of ketones is 1. The molecule has 3 saturated carbocycles. The molecule has 0 aromatic carbocycles. The second-order valence-electron chi connectivity index (χ2n) is 9.93. The van der Waals surface area contributed by atoms with Crippen LogP contribution in [0.1, 0.15) is 51.9 Å². The third-order valence-electron chi connectivity index (χ3n) is 8.65. The van der Waals surface area contributed by atoms with E-state index < -0.39 is 36.6 Å². The molecule has 8 nitrogen and oxygen atoms in total. The zero-order chi connectivity index (χ0) is 22.4. The number of oxime groups is 1. The first-order valence-corrected chi connectivity index (χ1v) is 11.2. The predicted octanol–water partition coefficient (Wildman–Crippen LogP) is 1.73. The van der Waals surface area contributed by atoms with Gasteiger partial charge >= 0.3 is 5.97 Å². The quantitative estimate of drug-likeness (QED) is 0.429. The Kier molecular flexibility index (Phi) is 5.81. The van der Waals surface area contributed by atoms with Gasteiger partial charge in [-0.3, -0.25) is 4.79 Å². The van der Waals surface area contributed by atoms with E-state index in [1.54, 1.807) is 0 Å². The van der Waals surface area contributed by atoms with Crippen LogP contribution < -0.4 is 0 Å². The van der Waals surface area contributed by atoms with E-state index in [1.807, 2.05) is 6.08 Å². The highest BCUT2D eigenvalue weighted by Crippen LogP contribution is 2.66. The number of hydrogen-bond donors (Lipinski definition) is 3. The molecule has 0 aliphatic heterocycles. The number of aliphatic hydroxyl groups excluding tert-OH is 2. The van der Waals surface area contributed by atoms with Gasteiger partial charge in [0.2, 0.25) is 6.61 Å². The molecule has 3 fully saturated rings. The van der Waals surface area contributed by atoms with Gasteiger partial charge < -0.3 is 25.0 Å². The summed E-state index contributed by atoms with van der Waals surface area (Å²) < 4.78 is 0. The largest absolute Gasteiger partial charge is 0.479 e. The first-order chi connectivity index (χ1) is 14.8. The summed E-state index contributed by atoms with van der Waals surface area (Å²) in [5.41, 5.74) is 0.803. The Morgan fingerprint density at radius 2 is 2.06 bits per heavy atom. The van der Waals surface area contributed by atoms with Gasteiger partial charge in [0, 0.05) is 11.3 Å². The standard InChI is InChI=1S/C23H31NO7/c1-22-7-6-14(24-31-11-20(29)30)8-13(22)2-3-15-16-4-5-17(19(28)10-25)23(16,12-26)9-18(27)21(15)22/h8,12,15-18,21,25,27H,2-7,9-11H2,1H3,(H,29,30)/b24-14+/t15-,16-,17+,18-,21+,22-,23+/m0/s1. The molecule has 4 aliphatic rings. The summed E-state index contributed by atoms with van der Waals surface area (Å²) in [6, 6.07) is 0. The second kappa shape index (κ2) is 8.13. The van der Waals surface area contributed by atoms with E-state index in [9.17, 15) is 24.6 Å². The molecular formula is C23H31NO7. The zero-order valence-corrected chi connectivity index (χ0v) is 17.8. The number of carbonyl (C=O) groups is 3. The van der Waals surface area contributed by atoms with Crippen LogP contribution in [-0.4, -0.2) is 58.4 Å². The number of aliphatic carboxylic acids is 1. The van der Waals surface area contributed by atoms with Crippen molar-refractivity contribution in [3.63, 3.8) is 0 Å². The zero-order valence-electron chi connectivity index (χ0n) is 17.8. The molecule has 8 heteroatoms.